The Kier molecular flexibility index (Phi) is 5.07. The van der Waals surface area contributed by atoms with E-state index in [1.54, 1.807) is 11.8 Å². The lowest BCUT2D eigenvalue weighted by atomic mass is 10.1. The first-order chi connectivity index (χ1) is 13.2. The molecule has 140 valence electrons. The van der Waals surface area contributed by atoms with Crippen LogP contribution < -0.4 is 15.0 Å². The van der Waals surface area contributed by atoms with Crippen molar-refractivity contribution in [1.82, 2.24) is 0 Å². The zero-order valence-electron chi connectivity index (χ0n) is 15.2. The molecule has 1 atom stereocenters. The molecular formula is C21H22N2O3S. The van der Waals surface area contributed by atoms with Crippen LogP contribution in [0.5, 0.6) is 5.75 Å². The Labute approximate surface area is 163 Å². The quantitative estimate of drug-likeness (QED) is 0.813. The molecule has 0 aromatic heterocycles. The van der Waals surface area contributed by atoms with Crippen molar-refractivity contribution in [2.45, 2.75) is 25.1 Å². The van der Waals surface area contributed by atoms with Gasteiger partial charge >= 0.3 is 0 Å². The van der Waals surface area contributed by atoms with E-state index < -0.39 is 0 Å². The third-order valence-electron chi connectivity index (χ3n) is 4.70. The second kappa shape index (κ2) is 7.64. The van der Waals surface area contributed by atoms with E-state index in [1.807, 2.05) is 60.4 Å². The van der Waals surface area contributed by atoms with Crippen LogP contribution in [0.2, 0.25) is 0 Å². The highest BCUT2D eigenvalue weighted by Crippen LogP contribution is 2.45. The van der Waals surface area contributed by atoms with Crippen LogP contribution in [0.4, 0.5) is 11.4 Å². The number of hydrogen-bond donors (Lipinski definition) is 1. The Balaban J connectivity index is 1.57. The molecule has 2 aliphatic rings. The number of anilines is 2. The fraction of sp³-hybridized carbons (Fsp3) is 0.333. The van der Waals surface area contributed by atoms with Gasteiger partial charge in [0.05, 0.1) is 18.0 Å². The van der Waals surface area contributed by atoms with Gasteiger partial charge in [0.15, 0.2) is 0 Å². The topological polar surface area (TPSA) is 58.6 Å². The number of ether oxygens (including phenoxy) is 1. The van der Waals surface area contributed by atoms with Gasteiger partial charge in [0, 0.05) is 11.6 Å². The monoisotopic (exact) mass is 382 g/mol. The first-order valence-electron chi connectivity index (χ1n) is 9.23. The molecule has 1 aliphatic heterocycles. The predicted molar refractivity (Wildman–Crippen MR) is 108 cm³/mol. The summed E-state index contributed by atoms with van der Waals surface area (Å²) < 4.78 is 5.72. The van der Waals surface area contributed by atoms with Gasteiger partial charge in [0.2, 0.25) is 11.8 Å². The van der Waals surface area contributed by atoms with Crippen molar-refractivity contribution in [3.05, 3.63) is 54.1 Å². The van der Waals surface area contributed by atoms with Crippen LogP contribution in [0.3, 0.4) is 0 Å². The van der Waals surface area contributed by atoms with E-state index >= 15 is 0 Å². The fourth-order valence-electron chi connectivity index (χ4n) is 3.19. The van der Waals surface area contributed by atoms with Gasteiger partial charge in [-0.2, -0.15) is 0 Å². The van der Waals surface area contributed by atoms with Gasteiger partial charge in [-0.25, -0.2) is 0 Å². The summed E-state index contributed by atoms with van der Waals surface area (Å²) in [5.74, 6) is 1.50. The van der Waals surface area contributed by atoms with Crippen molar-refractivity contribution in [1.29, 1.82) is 0 Å². The Morgan fingerprint density at radius 2 is 1.93 bits per heavy atom. The molecular weight excluding hydrogens is 360 g/mol. The molecule has 1 aliphatic carbocycles. The molecule has 1 heterocycles. The summed E-state index contributed by atoms with van der Waals surface area (Å²) in [7, 11) is 0. The summed E-state index contributed by atoms with van der Waals surface area (Å²) in [5.41, 5.74) is 2.62. The van der Waals surface area contributed by atoms with Gasteiger partial charge in [-0.3, -0.25) is 14.5 Å². The van der Waals surface area contributed by atoms with E-state index in [0.717, 1.165) is 29.8 Å². The lowest BCUT2D eigenvalue weighted by Gasteiger charge is -2.26. The Morgan fingerprint density at radius 1 is 1.19 bits per heavy atom. The van der Waals surface area contributed by atoms with Crippen molar-refractivity contribution < 1.29 is 14.3 Å². The molecule has 6 heteroatoms. The number of nitrogens with one attached hydrogen (secondary N) is 1. The molecule has 1 unspecified atom stereocenters. The number of thioether (sulfide) groups is 1. The van der Waals surface area contributed by atoms with Gasteiger partial charge in [-0.15, -0.1) is 11.8 Å². The van der Waals surface area contributed by atoms with Gasteiger partial charge in [-0.1, -0.05) is 24.3 Å². The van der Waals surface area contributed by atoms with Crippen LogP contribution in [0.1, 0.15) is 30.7 Å². The van der Waals surface area contributed by atoms with E-state index in [4.69, 9.17) is 4.74 Å². The molecule has 5 nitrogen and oxygen atoms in total. The van der Waals surface area contributed by atoms with Crippen molar-refractivity contribution in [2.24, 2.45) is 5.92 Å². The normalized spacial score (nSPS) is 19.2. The minimum atomic E-state index is -0.104. The molecule has 0 bridgehead atoms. The first kappa shape index (κ1) is 17.9. The van der Waals surface area contributed by atoms with E-state index in [1.165, 1.54) is 0 Å². The highest BCUT2D eigenvalue weighted by molar-refractivity contribution is 8.00. The number of nitrogens with zero attached hydrogens (tertiary/aromatic N) is 1. The molecule has 0 spiro atoms. The van der Waals surface area contributed by atoms with Crippen LogP contribution in [-0.4, -0.2) is 24.2 Å². The number of carbonyl (C=O) groups is 2. The molecule has 2 amide bonds. The number of benzene rings is 2. The summed E-state index contributed by atoms with van der Waals surface area (Å²) >= 11 is 1.60. The average molecular weight is 382 g/mol. The molecule has 1 saturated carbocycles. The fourth-order valence-corrected chi connectivity index (χ4v) is 4.36. The van der Waals surface area contributed by atoms with Gasteiger partial charge in [0.25, 0.3) is 0 Å². The van der Waals surface area contributed by atoms with E-state index in [2.05, 4.69) is 5.32 Å². The highest BCUT2D eigenvalue weighted by Gasteiger charge is 2.35. The first-order valence-corrected chi connectivity index (χ1v) is 10.3. The zero-order chi connectivity index (χ0) is 18.8. The Morgan fingerprint density at radius 3 is 2.63 bits per heavy atom. The number of rotatable bonds is 6. The maximum Gasteiger partial charge on any atom is 0.238 e. The summed E-state index contributed by atoms with van der Waals surface area (Å²) in [5, 5.41) is 2.85. The van der Waals surface area contributed by atoms with Crippen LogP contribution in [0, 0.1) is 5.92 Å². The number of para-hydroxylation sites is 2. The van der Waals surface area contributed by atoms with Crippen molar-refractivity contribution in [3.63, 3.8) is 0 Å². The minimum Gasteiger partial charge on any atom is -0.492 e. The number of amides is 2. The molecule has 2 fully saturated rings. The third-order valence-corrected chi connectivity index (χ3v) is 5.92. The van der Waals surface area contributed by atoms with Crippen LogP contribution >= 0.6 is 11.8 Å². The zero-order valence-corrected chi connectivity index (χ0v) is 16.0. The second-order valence-corrected chi connectivity index (χ2v) is 7.78. The number of carbonyl (C=O) groups excluding carboxylic acids is 2. The molecule has 27 heavy (non-hydrogen) atoms. The summed E-state index contributed by atoms with van der Waals surface area (Å²) in [6.07, 6.45) is 1.97. The predicted octanol–water partition coefficient (Wildman–Crippen LogP) is 4.21. The average Bonchev–Trinajstić information content (AvgIpc) is 3.46. The van der Waals surface area contributed by atoms with Crippen LogP contribution in [-0.2, 0) is 9.59 Å². The minimum absolute atomic E-state index is 0.0725. The van der Waals surface area contributed by atoms with E-state index in [-0.39, 0.29) is 23.1 Å². The summed E-state index contributed by atoms with van der Waals surface area (Å²) in [4.78, 5) is 26.3. The summed E-state index contributed by atoms with van der Waals surface area (Å²) in [6, 6.07) is 15.4. The molecule has 0 radical (unpaired) electrons. The Hall–Kier alpha value is -2.47. The molecule has 1 saturated heterocycles. The maximum absolute atomic E-state index is 12.6. The Bertz CT molecular complexity index is 849. The van der Waals surface area contributed by atoms with Crippen molar-refractivity contribution in [3.8, 4) is 5.75 Å². The van der Waals surface area contributed by atoms with Crippen molar-refractivity contribution >= 4 is 35.0 Å². The SMILES string of the molecule is CCOc1ccccc1N1C(=O)CSC1c1ccc(NC(=O)C2CC2)cc1. The molecule has 4 rings (SSSR count). The standard InChI is InChI=1S/C21H22N2O3S/c1-2-26-18-6-4-3-5-17(18)23-19(24)13-27-21(23)15-9-11-16(12-10-15)22-20(25)14-7-8-14/h3-6,9-12,14,21H,2,7-8,13H2,1H3,(H,22,25). The number of hydrogen-bond acceptors (Lipinski definition) is 4. The third kappa shape index (κ3) is 3.81. The van der Waals surface area contributed by atoms with Gasteiger partial charge in [0.1, 0.15) is 11.1 Å². The molecule has 2 aromatic rings. The van der Waals surface area contributed by atoms with Crippen molar-refractivity contribution in [2.75, 3.05) is 22.6 Å². The van der Waals surface area contributed by atoms with Gasteiger partial charge in [-0.05, 0) is 49.6 Å². The van der Waals surface area contributed by atoms with Crippen LogP contribution in [0.25, 0.3) is 0 Å². The molecule has 2 aromatic carbocycles. The smallest absolute Gasteiger partial charge is 0.238 e. The summed E-state index contributed by atoms with van der Waals surface area (Å²) in [6.45, 7) is 2.48. The maximum atomic E-state index is 12.6. The van der Waals surface area contributed by atoms with Crippen LogP contribution in [0.15, 0.2) is 48.5 Å². The largest absolute Gasteiger partial charge is 0.492 e. The lowest BCUT2D eigenvalue weighted by molar-refractivity contribution is -0.117. The lowest BCUT2D eigenvalue weighted by Crippen LogP contribution is -2.28. The molecule has 1 N–H and O–H groups in total. The second-order valence-electron chi connectivity index (χ2n) is 6.71. The van der Waals surface area contributed by atoms with Gasteiger partial charge < -0.3 is 10.1 Å². The van der Waals surface area contributed by atoms with E-state index in [0.29, 0.717) is 18.1 Å². The van der Waals surface area contributed by atoms with E-state index in [9.17, 15) is 9.59 Å². The highest BCUT2D eigenvalue weighted by atomic mass is 32.2.